The van der Waals surface area contributed by atoms with Gasteiger partial charge < -0.3 is 14.9 Å². The highest BCUT2D eigenvalue weighted by Crippen LogP contribution is 2.33. The standard InChI is InChI=1S/C17H29N5O/c1-3-17(14-23)5-4-6-22(17)13-15-11-18-16(19-12-15)21-9-7-20(2)8-10-21/h11-12,23H,3-10,13-14H2,1-2H3. The summed E-state index contributed by atoms with van der Waals surface area (Å²) in [5.41, 5.74) is 1.09. The van der Waals surface area contributed by atoms with Crippen LogP contribution in [0.5, 0.6) is 0 Å². The van der Waals surface area contributed by atoms with E-state index in [0.29, 0.717) is 0 Å². The summed E-state index contributed by atoms with van der Waals surface area (Å²) in [7, 11) is 2.15. The van der Waals surface area contributed by atoms with Gasteiger partial charge >= 0.3 is 0 Å². The van der Waals surface area contributed by atoms with E-state index in [9.17, 15) is 5.11 Å². The van der Waals surface area contributed by atoms with Gasteiger partial charge in [0.05, 0.1) is 6.61 Å². The second-order valence-electron chi connectivity index (χ2n) is 6.94. The van der Waals surface area contributed by atoms with Gasteiger partial charge in [-0.3, -0.25) is 4.90 Å². The SMILES string of the molecule is CCC1(CO)CCCN1Cc1cnc(N2CCN(C)CC2)nc1. The Morgan fingerprint density at radius 1 is 1.13 bits per heavy atom. The van der Waals surface area contributed by atoms with Gasteiger partial charge in [0.25, 0.3) is 0 Å². The molecule has 0 radical (unpaired) electrons. The Morgan fingerprint density at radius 3 is 2.43 bits per heavy atom. The summed E-state index contributed by atoms with van der Waals surface area (Å²) < 4.78 is 0. The van der Waals surface area contributed by atoms with Crippen molar-refractivity contribution in [3.63, 3.8) is 0 Å². The van der Waals surface area contributed by atoms with Crippen LogP contribution < -0.4 is 4.90 Å². The number of hydrogen-bond donors (Lipinski definition) is 1. The minimum Gasteiger partial charge on any atom is -0.394 e. The highest BCUT2D eigenvalue weighted by molar-refractivity contribution is 5.30. The first kappa shape index (κ1) is 16.6. The third-order valence-electron chi connectivity index (χ3n) is 5.54. The summed E-state index contributed by atoms with van der Waals surface area (Å²) in [6, 6.07) is 0. The lowest BCUT2D eigenvalue weighted by Crippen LogP contribution is -2.46. The minimum absolute atomic E-state index is 0.0455. The number of rotatable bonds is 5. The molecule has 0 saturated carbocycles. The summed E-state index contributed by atoms with van der Waals surface area (Å²) in [4.78, 5) is 16.1. The van der Waals surface area contributed by atoms with Gasteiger partial charge in [-0.05, 0) is 32.9 Å². The van der Waals surface area contributed by atoms with E-state index >= 15 is 0 Å². The molecule has 1 atom stereocenters. The number of aliphatic hydroxyl groups excluding tert-OH is 1. The molecule has 3 heterocycles. The van der Waals surface area contributed by atoms with E-state index in [2.05, 4.69) is 38.6 Å². The number of likely N-dealkylation sites (N-methyl/N-ethyl adjacent to an activating group) is 1. The Bertz CT molecular complexity index is 494. The third kappa shape index (κ3) is 3.49. The lowest BCUT2D eigenvalue weighted by atomic mass is 9.94. The molecule has 2 aliphatic rings. The van der Waals surface area contributed by atoms with E-state index in [1.807, 2.05) is 12.4 Å². The van der Waals surface area contributed by atoms with Crippen LogP contribution in [-0.2, 0) is 6.54 Å². The van der Waals surface area contributed by atoms with Gasteiger partial charge in [-0.2, -0.15) is 0 Å². The van der Waals surface area contributed by atoms with Crippen LogP contribution in [0.3, 0.4) is 0 Å². The number of likely N-dealkylation sites (tertiary alicyclic amines) is 1. The van der Waals surface area contributed by atoms with Crippen molar-refractivity contribution in [2.24, 2.45) is 0 Å². The number of piperazine rings is 1. The van der Waals surface area contributed by atoms with Crippen molar-refractivity contribution in [1.29, 1.82) is 0 Å². The fourth-order valence-electron chi connectivity index (χ4n) is 3.75. The zero-order chi connectivity index (χ0) is 16.3. The minimum atomic E-state index is -0.0455. The first-order chi connectivity index (χ1) is 11.2. The molecule has 6 heteroatoms. The average molecular weight is 319 g/mol. The largest absolute Gasteiger partial charge is 0.394 e. The molecule has 0 amide bonds. The van der Waals surface area contributed by atoms with Crippen LogP contribution in [-0.4, -0.2) is 76.8 Å². The van der Waals surface area contributed by atoms with Gasteiger partial charge in [0.1, 0.15) is 0 Å². The van der Waals surface area contributed by atoms with Gasteiger partial charge in [-0.1, -0.05) is 6.92 Å². The molecule has 0 aromatic carbocycles. The molecule has 0 aliphatic carbocycles. The maximum absolute atomic E-state index is 9.82. The van der Waals surface area contributed by atoms with E-state index in [-0.39, 0.29) is 12.1 Å². The Hall–Kier alpha value is -1.24. The second kappa shape index (κ2) is 7.11. The van der Waals surface area contributed by atoms with E-state index in [1.165, 1.54) is 0 Å². The van der Waals surface area contributed by atoms with Crippen LogP contribution in [0.25, 0.3) is 0 Å². The molecule has 2 saturated heterocycles. The molecule has 2 aliphatic heterocycles. The molecule has 1 N–H and O–H groups in total. The van der Waals surface area contributed by atoms with Crippen molar-refractivity contribution in [3.05, 3.63) is 18.0 Å². The van der Waals surface area contributed by atoms with Crippen LogP contribution in [0.2, 0.25) is 0 Å². The fourth-order valence-corrected chi connectivity index (χ4v) is 3.75. The Morgan fingerprint density at radius 2 is 1.83 bits per heavy atom. The van der Waals surface area contributed by atoms with E-state index in [0.717, 1.165) is 70.0 Å². The first-order valence-corrected chi connectivity index (χ1v) is 8.77. The van der Waals surface area contributed by atoms with Crippen molar-refractivity contribution < 1.29 is 5.11 Å². The van der Waals surface area contributed by atoms with Crippen molar-refractivity contribution in [3.8, 4) is 0 Å². The lowest BCUT2D eigenvalue weighted by molar-refractivity contribution is 0.0547. The van der Waals surface area contributed by atoms with Crippen LogP contribution in [0.1, 0.15) is 31.7 Å². The number of aliphatic hydroxyl groups is 1. The summed E-state index contributed by atoms with van der Waals surface area (Å²) in [6.07, 6.45) is 7.14. The Labute approximate surface area is 139 Å². The second-order valence-corrected chi connectivity index (χ2v) is 6.94. The Kier molecular flexibility index (Phi) is 5.14. The highest BCUT2D eigenvalue weighted by Gasteiger charge is 2.38. The molecule has 0 bridgehead atoms. The summed E-state index contributed by atoms with van der Waals surface area (Å²) >= 11 is 0. The molecule has 0 spiro atoms. The molecule has 2 fully saturated rings. The third-order valence-corrected chi connectivity index (χ3v) is 5.54. The van der Waals surface area contributed by atoms with Crippen molar-refractivity contribution in [2.45, 2.75) is 38.3 Å². The molecule has 1 aromatic heterocycles. The molecule has 23 heavy (non-hydrogen) atoms. The fraction of sp³-hybridized carbons (Fsp3) is 0.765. The quantitative estimate of drug-likeness (QED) is 0.873. The summed E-state index contributed by atoms with van der Waals surface area (Å²) in [5.74, 6) is 0.840. The van der Waals surface area contributed by atoms with E-state index in [4.69, 9.17) is 0 Å². The monoisotopic (exact) mass is 319 g/mol. The topological polar surface area (TPSA) is 55.7 Å². The maximum atomic E-state index is 9.82. The number of nitrogens with zero attached hydrogens (tertiary/aromatic N) is 5. The highest BCUT2D eigenvalue weighted by atomic mass is 16.3. The first-order valence-electron chi connectivity index (χ1n) is 8.77. The molecule has 6 nitrogen and oxygen atoms in total. The molecule has 128 valence electrons. The van der Waals surface area contributed by atoms with Gasteiger partial charge in [0.15, 0.2) is 0 Å². The van der Waals surface area contributed by atoms with E-state index < -0.39 is 0 Å². The molecule has 1 aromatic rings. The molecule has 3 rings (SSSR count). The van der Waals surface area contributed by atoms with Crippen LogP contribution in [0.4, 0.5) is 5.95 Å². The zero-order valence-corrected chi connectivity index (χ0v) is 14.4. The van der Waals surface area contributed by atoms with Gasteiger partial charge in [0.2, 0.25) is 5.95 Å². The summed E-state index contributed by atoms with van der Waals surface area (Å²) in [5, 5.41) is 9.82. The predicted octanol–water partition coefficient (Wildman–Crippen LogP) is 0.965. The lowest BCUT2D eigenvalue weighted by Gasteiger charge is -2.36. The van der Waals surface area contributed by atoms with Crippen molar-refractivity contribution >= 4 is 5.95 Å². The zero-order valence-electron chi connectivity index (χ0n) is 14.4. The number of anilines is 1. The molecule has 1 unspecified atom stereocenters. The average Bonchev–Trinajstić information content (AvgIpc) is 2.99. The Balaban J connectivity index is 1.63. The van der Waals surface area contributed by atoms with Gasteiger partial charge in [0, 0.05) is 56.2 Å². The predicted molar refractivity (Wildman–Crippen MR) is 91.5 cm³/mol. The number of hydrogen-bond acceptors (Lipinski definition) is 6. The maximum Gasteiger partial charge on any atom is 0.225 e. The van der Waals surface area contributed by atoms with Gasteiger partial charge in [-0.15, -0.1) is 0 Å². The van der Waals surface area contributed by atoms with Gasteiger partial charge in [-0.25, -0.2) is 9.97 Å². The molecular weight excluding hydrogens is 290 g/mol. The van der Waals surface area contributed by atoms with E-state index in [1.54, 1.807) is 0 Å². The summed E-state index contributed by atoms with van der Waals surface area (Å²) in [6.45, 7) is 8.40. The van der Waals surface area contributed by atoms with Crippen molar-refractivity contribution in [2.75, 3.05) is 51.3 Å². The van der Waals surface area contributed by atoms with Crippen LogP contribution >= 0.6 is 0 Å². The number of aromatic nitrogens is 2. The van der Waals surface area contributed by atoms with Crippen LogP contribution in [0.15, 0.2) is 12.4 Å². The molecular formula is C17H29N5O. The van der Waals surface area contributed by atoms with Crippen molar-refractivity contribution in [1.82, 2.24) is 19.8 Å². The van der Waals surface area contributed by atoms with Crippen LogP contribution in [0, 0.1) is 0 Å². The normalized spacial score (nSPS) is 26.8. The smallest absolute Gasteiger partial charge is 0.225 e.